The van der Waals surface area contributed by atoms with Gasteiger partial charge in [0.1, 0.15) is 11.5 Å². The lowest BCUT2D eigenvalue weighted by Gasteiger charge is -2.20. The maximum atomic E-state index is 10.6. The molecule has 1 aromatic rings. The van der Waals surface area contributed by atoms with Crippen molar-refractivity contribution in [2.24, 2.45) is 0 Å². The van der Waals surface area contributed by atoms with Gasteiger partial charge in [-0.2, -0.15) is 0 Å². The van der Waals surface area contributed by atoms with E-state index in [0.717, 1.165) is 56.0 Å². The highest BCUT2D eigenvalue weighted by Crippen LogP contribution is 2.32. The van der Waals surface area contributed by atoms with Crippen LogP contribution in [0.25, 0.3) is 0 Å². The molecule has 130 valence electrons. The number of benzene rings is 1. The monoisotopic (exact) mass is 321 g/mol. The fourth-order valence-electron chi connectivity index (χ4n) is 2.90. The summed E-state index contributed by atoms with van der Waals surface area (Å²) in [6.07, 6.45) is 4.75. The van der Waals surface area contributed by atoms with E-state index in [1.54, 1.807) is 0 Å². The Kier molecular flexibility index (Phi) is 7.69. The van der Waals surface area contributed by atoms with E-state index in [-0.39, 0.29) is 0 Å². The molecule has 1 saturated heterocycles. The number of aliphatic hydroxyl groups is 1. The number of aliphatic hydroxyl groups excluding tert-OH is 1. The summed E-state index contributed by atoms with van der Waals surface area (Å²) in [6, 6.07) is 5.80. The topological polar surface area (TPSA) is 41.9 Å². The van der Waals surface area contributed by atoms with Gasteiger partial charge in [0.2, 0.25) is 0 Å². The Balaban J connectivity index is 2.01. The minimum Gasteiger partial charge on any atom is -0.493 e. The molecule has 0 aromatic heterocycles. The van der Waals surface area contributed by atoms with Crippen molar-refractivity contribution >= 4 is 0 Å². The molecular weight excluding hydrogens is 290 g/mol. The second kappa shape index (κ2) is 9.78. The van der Waals surface area contributed by atoms with Gasteiger partial charge in [-0.25, -0.2) is 0 Å². The summed E-state index contributed by atoms with van der Waals surface area (Å²) in [5.74, 6) is 1.57. The van der Waals surface area contributed by atoms with Crippen molar-refractivity contribution in [3.05, 3.63) is 23.8 Å². The number of ether oxygens (including phenoxy) is 2. The highest BCUT2D eigenvalue weighted by atomic mass is 16.5. The molecule has 1 unspecified atom stereocenters. The molecule has 4 heteroatoms. The molecule has 1 aromatic carbocycles. The number of hydrogen-bond donors (Lipinski definition) is 1. The molecular formula is C19H31NO3. The Morgan fingerprint density at radius 2 is 1.78 bits per heavy atom. The Morgan fingerprint density at radius 3 is 2.48 bits per heavy atom. The van der Waals surface area contributed by atoms with E-state index in [4.69, 9.17) is 9.47 Å². The first kappa shape index (κ1) is 18.1. The van der Waals surface area contributed by atoms with Crippen LogP contribution in [0, 0.1) is 0 Å². The van der Waals surface area contributed by atoms with Gasteiger partial charge in [0.25, 0.3) is 0 Å². The van der Waals surface area contributed by atoms with Gasteiger partial charge in [-0.1, -0.05) is 13.8 Å². The normalized spacial score (nSPS) is 16.5. The Morgan fingerprint density at radius 1 is 1.09 bits per heavy atom. The molecule has 1 fully saturated rings. The predicted octanol–water partition coefficient (Wildman–Crippen LogP) is 3.78. The third kappa shape index (κ3) is 5.70. The maximum absolute atomic E-state index is 10.6. The summed E-state index contributed by atoms with van der Waals surface area (Å²) in [6.45, 7) is 8.80. The van der Waals surface area contributed by atoms with Gasteiger partial charge in [-0.15, -0.1) is 0 Å². The first-order valence-electron chi connectivity index (χ1n) is 9.04. The smallest absolute Gasteiger partial charge is 0.128 e. The molecule has 0 bridgehead atoms. The van der Waals surface area contributed by atoms with Crippen LogP contribution in [-0.4, -0.2) is 42.9 Å². The lowest BCUT2D eigenvalue weighted by molar-refractivity contribution is 0.144. The van der Waals surface area contributed by atoms with Crippen LogP contribution in [0.1, 0.15) is 57.6 Å². The zero-order valence-corrected chi connectivity index (χ0v) is 14.6. The molecule has 4 nitrogen and oxygen atoms in total. The van der Waals surface area contributed by atoms with Crippen molar-refractivity contribution in [1.29, 1.82) is 0 Å². The first-order chi connectivity index (χ1) is 11.2. The number of likely N-dealkylation sites (tertiary alicyclic amines) is 1. The van der Waals surface area contributed by atoms with Crippen LogP contribution in [0.3, 0.4) is 0 Å². The fourth-order valence-corrected chi connectivity index (χ4v) is 2.90. The molecule has 23 heavy (non-hydrogen) atoms. The number of rotatable bonds is 10. The number of hydrogen-bond acceptors (Lipinski definition) is 4. The minimum atomic E-state index is -0.484. The van der Waals surface area contributed by atoms with Gasteiger partial charge in [0.05, 0.1) is 19.3 Å². The Bertz CT molecular complexity index is 458. The fraction of sp³-hybridized carbons (Fsp3) is 0.684. The molecule has 0 saturated carbocycles. The van der Waals surface area contributed by atoms with E-state index in [0.29, 0.717) is 13.2 Å². The van der Waals surface area contributed by atoms with Crippen molar-refractivity contribution in [2.45, 2.75) is 52.1 Å². The highest BCUT2D eigenvalue weighted by molar-refractivity contribution is 5.42. The predicted molar refractivity (Wildman–Crippen MR) is 93.3 cm³/mol. The van der Waals surface area contributed by atoms with E-state index in [1.165, 1.54) is 12.8 Å². The van der Waals surface area contributed by atoms with Crippen LogP contribution in [0.2, 0.25) is 0 Å². The molecule has 0 amide bonds. The van der Waals surface area contributed by atoms with Crippen molar-refractivity contribution in [2.75, 3.05) is 32.8 Å². The van der Waals surface area contributed by atoms with Crippen LogP contribution in [0.15, 0.2) is 18.2 Å². The summed E-state index contributed by atoms with van der Waals surface area (Å²) >= 11 is 0. The van der Waals surface area contributed by atoms with Crippen LogP contribution in [0.5, 0.6) is 11.5 Å². The summed E-state index contributed by atoms with van der Waals surface area (Å²) in [4.78, 5) is 2.43. The lowest BCUT2D eigenvalue weighted by atomic mass is 10.0. The molecule has 2 rings (SSSR count). The van der Waals surface area contributed by atoms with Gasteiger partial charge >= 0.3 is 0 Å². The molecule has 0 spiro atoms. The zero-order chi connectivity index (χ0) is 16.5. The molecule has 0 aliphatic carbocycles. The highest BCUT2D eigenvalue weighted by Gasteiger charge is 2.18. The second-order valence-corrected chi connectivity index (χ2v) is 6.25. The largest absolute Gasteiger partial charge is 0.493 e. The van der Waals surface area contributed by atoms with Crippen molar-refractivity contribution in [3.63, 3.8) is 0 Å². The van der Waals surface area contributed by atoms with Crippen molar-refractivity contribution in [3.8, 4) is 11.5 Å². The van der Waals surface area contributed by atoms with E-state index in [9.17, 15) is 5.11 Å². The Hall–Kier alpha value is -1.26. The summed E-state index contributed by atoms with van der Waals surface area (Å²) in [5.41, 5.74) is 0.876. The average molecular weight is 321 g/mol. The van der Waals surface area contributed by atoms with Gasteiger partial charge in [0, 0.05) is 18.2 Å². The minimum absolute atomic E-state index is 0.484. The maximum Gasteiger partial charge on any atom is 0.128 e. The average Bonchev–Trinajstić information content (AvgIpc) is 3.09. The molecule has 1 aliphatic rings. The van der Waals surface area contributed by atoms with Crippen molar-refractivity contribution < 1.29 is 14.6 Å². The first-order valence-corrected chi connectivity index (χ1v) is 9.04. The van der Waals surface area contributed by atoms with Crippen molar-refractivity contribution in [1.82, 2.24) is 4.90 Å². The quantitative estimate of drug-likeness (QED) is 0.712. The standard InChI is InChI=1S/C19H31NO3/c1-3-13-22-16-7-8-17(19(15-16)23-14-4-2)18(21)9-12-20-10-5-6-11-20/h7-8,15,18,21H,3-6,9-14H2,1-2H3. The van der Waals surface area contributed by atoms with E-state index in [1.807, 2.05) is 18.2 Å². The van der Waals surface area contributed by atoms with E-state index in [2.05, 4.69) is 18.7 Å². The Labute approximate surface area is 140 Å². The van der Waals surface area contributed by atoms with Gasteiger partial charge < -0.3 is 19.5 Å². The van der Waals surface area contributed by atoms with Gasteiger partial charge in [0.15, 0.2) is 0 Å². The second-order valence-electron chi connectivity index (χ2n) is 6.25. The third-order valence-electron chi connectivity index (χ3n) is 4.20. The van der Waals surface area contributed by atoms with E-state index < -0.39 is 6.10 Å². The van der Waals surface area contributed by atoms with Crippen LogP contribution in [-0.2, 0) is 0 Å². The number of nitrogens with zero attached hydrogens (tertiary/aromatic N) is 1. The SMILES string of the molecule is CCCOc1ccc(C(O)CCN2CCCC2)c(OCCC)c1. The van der Waals surface area contributed by atoms with Gasteiger partial charge in [-0.3, -0.25) is 0 Å². The lowest BCUT2D eigenvalue weighted by Crippen LogP contribution is -2.22. The summed E-state index contributed by atoms with van der Waals surface area (Å²) < 4.78 is 11.5. The summed E-state index contributed by atoms with van der Waals surface area (Å²) in [7, 11) is 0. The molecule has 1 aliphatic heterocycles. The van der Waals surface area contributed by atoms with Gasteiger partial charge in [-0.05, 0) is 57.3 Å². The molecule has 1 N–H and O–H groups in total. The molecule has 1 heterocycles. The van der Waals surface area contributed by atoms with Crippen LogP contribution in [0.4, 0.5) is 0 Å². The van der Waals surface area contributed by atoms with E-state index >= 15 is 0 Å². The van der Waals surface area contributed by atoms with Crippen LogP contribution < -0.4 is 9.47 Å². The molecule has 1 atom stereocenters. The van der Waals surface area contributed by atoms with Crippen LogP contribution >= 0.6 is 0 Å². The zero-order valence-electron chi connectivity index (χ0n) is 14.6. The molecule has 0 radical (unpaired) electrons. The summed E-state index contributed by atoms with van der Waals surface area (Å²) in [5, 5.41) is 10.6. The third-order valence-corrected chi connectivity index (χ3v) is 4.20.